The summed E-state index contributed by atoms with van der Waals surface area (Å²) in [6.45, 7) is 5.92. The standard InChI is InChI=1S/C17H20BrN3S.ClH/c18-14-3-1-13(2-4-14)16-20-9-15(22-16)10-21-8-6-17(12-21)5-7-19-11-17;/h1-4,9,19H,5-8,10-12H2;1H. The van der Waals surface area contributed by atoms with Gasteiger partial charge in [0.15, 0.2) is 0 Å². The number of aromatic nitrogens is 1. The van der Waals surface area contributed by atoms with Crippen molar-refractivity contribution in [1.82, 2.24) is 15.2 Å². The van der Waals surface area contributed by atoms with E-state index in [1.165, 1.54) is 49.5 Å². The Morgan fingerprint density at radius 3 is 2.83 bits per heavy atom. The summed E-state index contributed by atoms with van der Waals surface area (Å²) in [5.41, 5.74) is 1.76. The van der Waals surface area contributed by atoms with E-state index in [4.69, 9.17) is 0 Å². The van der Waals surface area contributed by atoms with Crippen LogP contribution in [0.1, 0.15) is 17.7 Å². The molecule has 0 amide bonds. The predicted molar refractivity (Wildman–Crippen MR) is 102 cm³/mol. The maximum Gasteiger partial charge on any atom is 0.123 e. The number of hydrogen-bond donors (Lipinski definition) is 1. The smallest absolute Gasteiger partial charge is 0.123 e. The number of likely N-dealkylation sites (tertiary alicyclic amines) is 1. The molecule has 3 heterocycles. The third kappa shape index (κ3) is 3.80. The molecule has 1 N–H and O–H groups in total. The van der Waals surface area contributed by atoms with Crippen molar-refractivity contribution in [3.05, 3.63) is 39.8 Å². The van der Waals surface area contributed by atoms with Crippen molar-refractivity contribution < 1.29 is 0 Å². The fraction of sp³-hybridized carbons (Fsp3) is 0.471. The van der Waals surface area contributed by atoms with Crippen LogP contribution in [0.15, 0.2) is 34.9 Å². The molecule has 23 heavy (non-hydrogen) atoms. The number of hydrogen-bond acceptors (Lipinski definition) is 4. The molecule has 4 rings (SSSR count). The van der Waals surface area contributed by atoms with Crippen molar-refractivity contribution in [2.24, 2.45) is 5.41 Å². The van der Waals surface area contributed by atoms with Crippen molar-refractivity contribution in [3.8, 4) is 10.6 Å². The normalized spacial score (nSPS) is 24.2. The molecule has 0 bridgehead atoms. The zero-order valence-corrected chi connectivity index (χ0v) is 16.1. The molecule has 124 valence electrons. The average molecular weight is 415 g/mol. The van der Waals surface area contributed by atoms with Gasteiger partial charge in [-0.05, 0) is 43.5 Å². The zero-order valence-electron chi connectivity index (χ0n) is 12.9. The van der Waals surface area contributed by atoms with Gasteiger partial charge in [-0.2, -0.15) is 0 Å². The lowest BCUT2D eigenvalue weighted by atomic mass is 9.87. The van der Waals surface area contributed by atoms with Gasteiger partial charge >= 0.3 is 0 Å². The average Bonchev–Trinajstić information content (AvgIpc) is 3.24. The van der Waals surface area contributed by atoms with E-state index in [1.807, 2.05) is 11.3 Å². The molecule has 1 spiro atoms. The Balaban J connectivity index is 0.00000156. The number of rotatable bonds is 3. The van der Waals surface area contributed by atoms with E-state index in [9.17, 15) is 0 Å². The van der Waals surface area contributed by atoms with Crippen LogP contribution in [-0.2, 0) is 6.54 Å². The maximum atomic E-state index is 4.61. The van der Waals surface area contributed by atoms with Gasteiger partial charge in [-0.1, -0.05) is 28.1 Å². The summed E-state index contributed by atoms with van der Waals surface area (Å²) < 4.78 is 1.11. The van der Waals surface area contributed by atoms with Crippen LogP contribution < -0.4 is 5.32 Å². The van der Waals surface area contributed by atoms with Crippen LogP contribution in [0, 0.1) is 5.41 Å². The fourth-order valence-corrected chi connectivity index (χ4v) is 4.86. The van der Waals surface area contributed by atoms with Crippen LogP contribution in [-0.4, -0.2) is 36.1 Å². The van der Waals surface area contributed by atoms with E-state index < -0.39 is 0 Å². The van der Waals surface area contributed by atoms with Gasteiger partial charge in [-0.25, -0.2) is 4.98 Å². The molecule has 0 radical (unpaired) electrons. The van der Waals surface area contributed by atoms with Crippen LogP contribution >= 0.6 is 39.7 Å². The summed E-state index contributed by atoms with van der Waals surface area (Å²) in [6, 6.07) is 8.41. The molecule has 2 fully saturated rings. The second kappa shape index (κ2) is 7.19. The van der Waals surface area contributed by atoms with Crippen LogP contribution in [0.5, 0.6) is 0 Å². The van der Waals surface area contributed by atoms with Crippen LogP contribution in [0.2, 0.25) is 0 Å². The first-order valence-corrected chi connectivity index (χ1v) is 9.47. The molecular weight excluding hydrogens is 394 g/mol. The molecule has 0 aliphatic carbocycles. The van der Waals surface area contributed by atoms with E-state index in [-0.39, 0.29) is 12.4 Å². The van der Waals surface area contributed by atoms with Crippen molar-refractivity contribution in [3.63, 3.8) is 0 Å². The first-order chi connectivity index (χ1) is 10.7. The Labute approximate surface area is 156 Å². The van der Waals surface area contributed by atoms with E-state index in [0.717, 1.165) is 16.0 Å². The zero-order chi connectivity index (χ0) is 15.0. The molecular formula is C17H21BrClN3S. The fourth-order valence-electron chi connectivity index (χ4n) is 3.63. The van der Waals surface area contributed by atoms with E-state index in [2.05, 4.69) is 61.6 Å². The van der Waals surface area contributed by atoms with Gasteiger partial charge in [-0.15, -0.1) is 23.7 Å². The molecule has 3 nitrogen and oxygen atoms in total. The van der Waals surface area contributed by atoms with Gasteiger partial charge in [-0.3, -0.25) is 4.90 Å². The first-order valence-electron chi connectivity index (χ1n) is 7.86. The lowest BCUT2D eigenvalue weighted by Crippen LogP contribution is -2.28. The highest BCUT2D eigenvalue weighted by Gasteiger charge is 2.40. The molecule has 1 aromatic carbocycles. The summed E-state index contributed by atoms with van der Waals surface area (Å²) in [5, 5.41) is 4.65. The topological polar surface area (TPSA) is 28.2 Å². The number of nitrogens with one attached hydrogen (secondary N) is 1. The second-order valence-electron chi connectivity index (χ2n) is 6.53. The van der Waals surface area contributed by atoms with Crippen molar-refractivity contribution >= 4 is 39.7 Å². The molecule has 1 aromatic heterocycles. The van der Waals surface area contributed by atoms with Crippen molar-refractivity contribution in [2.45, 2.75) is 19.4 Å². The third-order valence-corrected chi connectivity index (χ3v) is 6.43. The van der Waals surface area contributed by atoms with Gasteiger partial charge in [0.25, 0.3) is 0 Å². The highest BCUT2D eigenvalue weighted by Crippen LogP contribution is 2.37. The summed E-state index contributed by atoms with van der Waals surface area (Å²) in [4.78, 5) is 8.59. The van der Waals surface area contributed by atoms with Crippen LogP contribution in [0.25, 0.3) is 10.6 Å². The molecule has 1 unspecified atom stereocenters. The van der Waals surface area contributed by atoms with Gasteiger partial charge in [0.2, 0.25) is 0 Å². The lowest BCUT2D eigenvalue weighted by molar-refractivity contribution is 0.270. The van der Waals surface area contributed by atoms with E-state index in [0.29, 0.717) is 5.41 Å². The SMILES string of the molecule is Brc1ccc(-c2ncc(CN3CCC4(CCNC4)C3)s2)cc1.Cl. The molecule has 1 atom stereocenters. The molecule has 6 heteroatoms. The Kier molecular flexibility index (Phi) is 5.43. The molecule has 2 saturated heterocycles. The Bertz CT molecular complexity index is 652. The van der Waals surface area contributed by atoms with E-state index in [1.54, 1.807) is 0 Å². The highest BCUT2D eigenvalue weighted by atomic mass is 79.9. The summed E-state index contributed by atoms with van der Waals surface area (Å²) in [7, 11) is 0. The molecule has 0 saturated carbocycles. The number of nitrogens with zero attached hydrogens (tertiary/aromatic N) is 2. The Morgan fingerprint density at radius 2 is 2.09 bits per heavy atom. The van der Waals surface area contributed by atoms with Crippen LogP contribution in [0.4, 0.5) is 0 Å². The van der Waals surface area contributed by atoms with E-state index >= 15 is 0 Å². The number of thiazole rings is 1. The number of benzene rings is 1. The van der Waals surface area contributed by atoms with Crippen LogP contribution in [0.3, 0.4) is 0 Å². The van der Waals surface area contributed by atoms with Crippen molar-refractivity contribution in [1.29, 1.82) is 0 Å². The van der Waals surface area contributed by atoms with Gasteiger partial charge in [0, 0.05) is 40.7 Å². The number of halogens is 2. The molecule has 2 aliphatic heterocycles. The first kappa shape index (κ1) is 17.4. The second-order valence-corrected chi connectivity index (χ2v) is 8.56. The predicted octanol–water partition coefficient (Wildman–Crippen LogP) is 4.18. The van der Waals surface area contributed by atoms with Gasteiger partial charge in [0.1, 0.15) is 5.01 Å². The lowest BCUT2D eigenvalue weighted by Gasteiger charge is -2.22. The minimum atomic E-state index is 0. The minimum Gasteiger partial charge on any atom is -0.316 e. The molecule has 2 aromatic rings. The third-order valence-electron chi connectivity index (χ3n) is 4.87. The maximum absolute atomic E-state index is 4.61. The molecule has 2 aliphatic rings. The summed E-state index contributed by atoms with van der Waals surface area (Å²) >= 11 is 5.31. The van der Waals surface area contributed by atoms with Crippen molar-refractivity contribution in [2.75, 3.05) is 26.2 Å². The Hall–Kier alpha value is -0.460. The van der Waals surface area contributed by atoms with Gasteiger partial charge in [0.05, 0.1) is 0 Å². The monoisotopic (exact) mass is 413 g/mol. The Morgan fingerprint density at radius 1 is 1.26 bits per heavy atom. The minimum absolute atomic E-state index is 0. The van der Waals surface area contributed by atoms with Gasteiger partial charge < -0.3 is 5.32 Å². The summed E-state index contributed by atoms with van der Waals surface area (Å²) in [6.07, 6.45) is 4.74. The summed E-state index contributed by atoms with van der Waals surface area (Å²) in [5.74, 6) is 0. The highest BCUT2D eigenvalue weighted by molar-refractivity contribution is 9.10. The quantitative estimate of drug-likeness (QED) is 0.816. The largest absolute Gasteiger partial charge is 0.316 e.